The lowest BCUT2D eigenvalue weighted by Crippen LogP contribution is -1.94. The van der Waals surface area contributed by atoms with Crippen molar-refractivity contribution in [2.24, 2.45) is 0 Å². The number of hydrogen-bond donors (Lipinski definition) is 0. The van der Waals surface area contributed by atoms with Gasteiger partial charge in [-0.1, -0.05) is 16.8 Å². The minimum Gasteiger partial charge on any atom is -0.361 e. The number of pyridine rings is 1. The quantitative estimate of drug-likeness (QED) is 0.521. The number of halogens is 2. The SMILES string of the molecule is Cc1noc(C)c1-c1cc2ncc([N+](=O)[O-])c(Cl)c2cc1F. The molecule has 0 amide bonds. The molecule has 0 saturated heterocycles. The zero-order valence-corrected chi connectivity index (χ0v) is 12.3. The van der Waals surface area contributed by atoms with Crippen LogP contribution in [0.5, 0.6) is 0 Å². The van der Waals surface area contributed by atoms with Crippen LogP contribution in [-0.4, -0.2) is 15.1 Å². The molecule has 2 heterocycles. The first-order chi connectivity index (χ1) is 10.4. The molecule has 0 fully saturated rings. The van der Waals surface area contributed by atoms with E-state index in [9.17, 15) is 14.5 Å². The Kier molecular flexibility index (Phi) is 3.29. The van der Waals surface area contributed by atoms with Crippen molar-refractivity contribution in [3.8, 4) is 11.1 Å². The molecule has 6 nitrogen and oxygen atoms in total. The molecule has 0 unspecified atom stereocenters. The Labute approximate surface area is 128 Å². The molecule has 0 bridgehead atoms. The van der Waals surface area contributed by atoms with E-state index in [1.165, 1.54) is 6.07 Å². The first kappa shape index (κ1) is 14.4. The summed E-state index contributed by atoms with van der Waals surface area (Å²) in [5.41, 5.74) is 1.34. The highest BCUT2D eigenvalue weighted by molar-refractivity contribution is 6.37. The summed E-state index contributed by atoms with van der Waals surface area (Å²) in [6.45, 7) is 3.38. The minimum atomic E-state index is -0.658. The summed E-state index contributed by atoms with van der Waals surface area (Å²) in [6.07, 6.45) is 1.06. The third-order valence-electron chi connectivity index (χ3n) is 3.37. The third-order valence-corrected chi connectivity index (χ3v) is 3.77. The van der Waals surface area contributed by atoms with Crippen molar-refractivity contribution in [2.45, 2.75) is 13.8 Å². The lowest BCUT2D eigenvalue weighted by Gasteiger charge is -2.06. The molecule has 0 aliphatic carbocycles. The molecule has 0 spiro atoms. The maximum absolute atomic E-state index is 14.4. The Bertz CT molecular complexity index is 904. The number of benzene rings is 1. The van der Waals surface area contributed by atoms with E-state index in [0.717, 1.165) is 12.3 Å². The van der Waals surface area contributed by atoms with Crippen molar-refractivity contribution in [1.82, 2.24) is 10.1 Å². The van der Waals surface area contributed by atoms with Crippen molar-refractivity contribution in [1.29, 1.82) is 0 Å². The number of fused-ring (bicyclic) bond motifs is 1. The van der Waals surface area contributed by atoms with Crippen molar-refractivity contribution < 1.29 is 13.8 Å². The summed E-state index contributed by atoms with van der Waals surface area (Å²) in [6, 6.07) is 2.62. The Morgan fingerprint density at radius 1 is 1.36 bits per heavy atom. The average molecular weight is 322 g/mol. The fraction of sp³-hybridized carbons (Fsp3) is 0.143. The summed E-state index contributed by atoms with van der Waals surface area (Å²) < 4.78 is 19.5. The lowest BCUT2D eigenvalue weighted by molar-refractivity contribution is -0.384. The molecule has 0 atom stereocenters. The van der Waals surface area contributed by atoms with Gasteiger partial charge in [0, 0.05) is 10.9 Å². The molecule has 112 valence electrons. The van der Waals surface area contributed by atoms with Gasteiger partial charge in [0.15, 0.2) is 0 Å². The standard InChI is InChI=1S/C14H9ClFN3O3/c1-6-13(7(2)22-18-6)8-4-11-9(3-10(8)16)14(15)12(5-17-11)19(20)21/h3-5H,1-2H3. The second kappa shape index (κ2) is 5.03. The Hall–Kier alpha value is -2.54. The molecule has 1 aromatic carbocycles. The van der Waals surface area contributed by atoms with Crippen molar-refractivity contribution >= 4 is 28.2 Å². The van der Waals surface area contributed by atoms with Crippen LogP contribution in [0.25, 0.3) is 22.0 Å². The average Bonchev–Trinajstić information content (AvgIpc) is 2.78. The minimum absolute atomic E-state index is 0.140. The van der Waals surface area contributed by atoms with Crippen molar-refractivity contribution in [2.75, 3.05) is 0 Å². The van der Waals surface area contributed by atoms with Crippen LogP contribution in [-0.2, 0) is 0 Å². The van der Waals surface area contributed by atoms with Gasteiger partial charge < -0.3 is 4.52 Å². The van der Waals surface area contributed by atoms with Crippen LogP contribution in [0.2, 0.25) is 5.02 Å². The van der Waals surface area contributed by atoms with Gasteiger partial charge in [0.2, 0.25) is 0 Å². The number of rotatable bonds is 2. The number of aromatic nitrogens is 2. The van der Waals surface area contributed by atoms with E-state index >= 15 is 0 Å². The molecule has 0 N–H and O–H groups in total. The molecule has 0 aliphatic rings. The number of nitro groups is 1. The predicted octanol–water partition coefficient (Wildman–Crippen LogP) is 4.21. The highest BCUT2D eigenvalue weighted by Gasteiger charge is 2.21. The topological polar surface area (TPSA) is 82.1 Å². The fourth-order valence-electron chi connectivity index (χ4n) is 2.36. The zero-order valence-electron chi connectivity index (χ0n) is 11.6. The molecule has 0 radical (unpaired) electrons. The highest BCUT2D eigenvalue weighted by atomic mass is 35.5. The van der Waals surface area contributed by atoms with Crippen LogP contribution < -0.4 is 0 Å². The summed E-state index contributed by atoms with van der Waals surface area (Å²) in [7, 11) is 0. The van der Waals surface area contributed by atoms with Crippen LogP contribution in [0.1, 0.15) is 11.5 Å². The highest BCUT2D eigenvalue weighted by Crippen LogP contribution is 2.36. The Morgan fingerprint density at radius 3 is 2.68 bits per heavy atom. The molecule has 3 aromatic rings. The first-order valence-electron chi connectivity index (χ1n) is 6.25. The molecule has 3 rings (SSSR count). The largest absolute Gasteiger partial charge is 0.361 e. The predicted molar refractivity (Wildman–Crippen MR) is 78.3 cm³/mol. The second-order valence-electron chi connectivity index (χ2n) is 4.76. The van der Waals surface area contributed by atoms with E-state index in [4.69, 9.17) is 16.1 Å². The van der Waals surface area contributed by atoms with Gasteiger partial charge in [0.1, 0.15) is 22.8 Å². The monoisotopic (exact) mass is 321 g/mol. The van der Waals surface area contributed by atoms with Crippen LogP contribution in [0.3, 0.4) is 0 Å². The second-order valence-corrected chi connectivity index (χ2v) is 5.14. The van der Waals surface area contributed by atoms with Crippen LogP contribution >= 0.6 is 11.6 Å². The van der Waals surface area contributed by atoms with Gasteiger partial charge in [-0.25, -0.2) is 9.37 Å². The summed E-state index contributed by atoms with van der Waals surface area (Å²) in [5, 5.41) is 14.7. The normalized spacial score (nSPS) is 11.1. The zero-order chi connectivity index (χ0) is 16.0. The number of hydrogen-bond acceptors (Lipinski definition) is 5. The molecule has 0 saturated carbocycles. The van der Waals surface area contributed by atoms with Gasteiger partial charge in [-0.3, -0.25) is 10.1 Å². The number of aryl methyl sites for hydroxylation is 2. The summed E-state index contributed by atoms with van der Waals surface area (Å²) in [5.74, 6) is -0.102. The van der Waals surface area contributed by atoms with Gasteiger partial charge in [-0.05, 0) is 26.0 Å². The van der Waals surface area contributed by atoms with Crippen LogP contribution in [0, 0.1) is 29.8 Å². The van der Waals surface area contributed by atoms with E-state index in [0.29, 0.717) is 22.5 Å². The van der Waals surface area contributed by atoms with Crippen LogP contribution in [0.4, 0.5) is 10.1 Å². The van der Waals surface area contributed by atoms with E-state index in [-0.39, 0.29) is 21.7 Å². The van der Waals surface area contributed by atoms with Crippen LogP contribution in [0.15, 0.2) is 22.9 Å². The van der Waals surface area contributed by atoms with Gasteiger partial charge in [-0.2, -0.15) is 0 Å². The van der Waals surface area contributed by atoms with E-state index in [1.807, 2.05) is 0 Å². The molecule has 0 aliphatic heterocycles. The summed E-state index contributed by atoms with van der Waals surface area (Å²) in [4.78, 5) is 14.2. The smallest absolute Gasteiger partial charge is 0.306 e. The van der Waals surface area contributed by atoms with Crippen molar-refractivity contribution in [3.05, 3.63) is 50.7 Å². The first-order valence-corrected chi connectivity index (χ1v) is 6.63. The molecule has 2 aromatic heterocycles. The van der Waals surface area contributed by atoms with E-state index in [1.54, 1.807) is 13.8 Å². The third kappa shape index (κ3) is 2.10. The molecular formula is C14H9ClFN3O3. The number of nitrogens with zero attached hydrogens (tertiary/aromatic N) is 3. The molecule has 22 heavy (non-hydrogen) atoms. The van der Waals surface area contributed by atoms with Gasteiger partial charge in [0.05, 0.1) is 21.7 Å². The van der Waals surface area contributed by atoms with Crippen molar-refractivity contribution in [3.63, 3.8) is 0 Å². The van der Waals surface area contributed by atoms with Gasteiger partial charge in [0.25, 0.3) is 0 Å². The van der Waals surface area contributed by atoms with E-state index in [2.05, 4.69) is 10.1 Å². The van der Waals surface area contributed by atoms with E-state index < -0.39 is 10.7 Å². The lowest BCUT2D eigenvalue weighted by atomic mass is 10.0. The maximum atomic E-state index is 14.4. The maximum Gasteiger partial charge on any atom is 0.306 e. The Morgan fingerprint density at radius 2 is 2.09 bits per heavy atom. The fourth-order valence-corrected chi connectivity index (χ4v) is 2.63. The molecular weight excluding hydrogens is 313 g/mol. The summed E-state index contributed by atoms with van der Waals surface area (Å²) >= 11 is 5.97. The molecule has 8 heteroatoms. The Balaban J connectivity index is 2.31. The van der Waals surface area contributed by atoms with Gasteiger partial charge >= 0.3 is 5.69 Å². The van der Waals surface area contributed by atoms with Gasteiger partial charge in [-0.15, -0.1) is 0 Å².